The van der Waals surface area contributed by atoms with Gasteiger partial charge in [0.15, 0.2) is 4.96 Å². The van der Waals surface area contributed by atoms with E-state index in [1.54, 1.807) is 11.3 Å². The first kappa shape index (κ1) is 13.1. The quantitative estimate of drug-likeness (QED) is 0.883. The molecule has 5 heteroatoms. The first-order valence-electron chi connectivity index (χ1n) is 7.13. The maximum atomic E-state index is 5.85. The van der Waals surface area contributed by atoms with Gasteiger partial charge < -0.3 is 10.1 Å². The second-order valence-electron chi connectivity index (χ2n) is 5.14. The van der Waals surface area contributed by atoms with Crippen molar-refractivity contribution in [3.8, 4) is 0 Å². The molecule has 1 aliphatic heterocycles. The number of nitrogens with one attached hydrogen (secondary N) is 1. The van der Waals surface area contributed by atoms with Gasteiger partial charge in [0.25, 0.3) is 0 Å². The van der Waals surface area contributed by atoms with Crippen LogP contribution in [0, 0.1) is 0 Å². The van der Waals surface area contributed by atoms with E-state index in [-0.39, 0.29) is 0 Å². The van der Waals surface area contributed by atoms with Crippen molar-refractivity contribution in [2.45, 2.75) is 44.8 Å². The van der Waals surface area contributed by atoms with Crippen molar-refractivity contribution in [3.05, 3.63) is 23.5 Å². The molecule has 0 aromatic carbocycles. The Labute approximate surface area is 117 Å². The topological polar surface area (TPSA) is 38.6 Å². The van der Waals surface area contributed by atoms with E-state index < -0.39 is 0 Å². The number of rotatable bonds is 6. The van der Waals surface area contributed by atoms with Gasteiger partial charge in [0.1, 0.15) is 0 Å². The number of imidazole rings is 1. The SMILES string of the molecule is CCCNC(Cc1cn2ccsc2n1)C1CCCO1. The number of hydrogen-bond donors (Lipinski definition) is 1. The molecule has 0 aliphatic carbocycles. The average molecular weight is 279 g/mol. The Kier molecular flexibility index (Phi) is 4.15. The van der Waals surface area contributed by atoms with Crippen LogP contribution in [0.5, 0.6) is 0 Å². The van der Waals surface area contributed by atoms with Crippen LogP contribution >= 0.6 is 11.3 Å². The number of fused-ring (bicyclic) bond motifs is 1. The van der Waals surface area contributed by atoms with Gasteiger partial charge in [-0.1, -0.05) is 6.92 Å². The number of thiazole rings is 1. The molecular formula is C14H21N3OS. The zero-order valence-corrected chi connectivity index (χ0v) is 12.2. The summed E-state index contributed by atoms with van der Waals surface area (Å²) in [5.74, 6) is 0. The lowest BCUT2D eigenvalue weighted by Crippen LogP contribution is -2.41. The smallest absolute Gasteiger partial charge is 0.193 e. The minimum atomic E-state index is 0.353. The summed E-state index contributed by atoms with van der Waals surface area (Å²) >= 11 is 1.69. The summed E-state index contributed by atoms with van der Waals surface area (Å²) in [7, 11) is 0. The van der Waals surface area contributed by atoms with Gasteiger partial charge in [0.2, 0.25) is 0 Å². The molecule has 1 N–H and O–H groups in total. The Bertz CT molecular complexity index is 487. The van der Waals surface area contributed by atoms with Crippen molar-refractivity contribution in [2.24, 2.45) is 0 Å². The number of nitrogens with zero attached hydrogens (tertiary/aromatic N) is 2. The molecule has 4 nitrogen and oxygen atoms in total. The monoisotopic (exact) mass is 279 g/mol. The summed E-state index contributed by atoms with van der Waals surface area (Å²) in [6.07, 6.45) is 9.03. The first-order valence-corrected chi connectivity index (χ1v) is 8.01. The van der Waals surface area contributed by atoms with Gasteiger partial charge in [0.05, 0.1) is 11.8 Å². The maximum Gasteiger partial charge on any atom is 0.193 e. The molecular weight excluding hydrogens is 258 g/mol. The molecule has 2 unspecified atom stereocenters. The van der Waals surface area contributed by atoms with Gasteiger partial charge in [-0.05, 0) is 25.8 Å². The number of aromatic nitrogens is 2. The molecule has 2 atom stereocenters. The highest BCUT2D eigenvalue weighted by molar-refractivity contribution is 7.15. The van der Waals surface area contributed by atoms with Crippen molar-refractivity contribution in [1.29, 1.82) is 0 Å². The molecule has 2 aromatic heterocycles. The van der Waals surface area contributed by atoms with E-state index in [4.69, 9.17) is 4.74 Å². The van der Waals surface area contributed by atoms with Crippen LogP contribution in [0.4, 0.5) is 0 Å². The third kappa shape index (κ3) is 2.99. The van der Waals surface area contributed by atoms with E-state index in [1.807, 2.05) is 0 Å². The van der Waals surface area contributed by atoms with Crippen molar-refractivity contribution in [2.75, 3.05) is 13.2 Å². The fourth-order valence-corrected chi connectivity index (χ4v) is 3.40. The van der Waals surface area contributed by atoms with Crippen molar-refractivity contribution in [1.82, 2.24) is 14.7 Å². The Balaban J connectivity index is 1.70. The van der Waals surface area contributed by atoms with Crippen LogP contribution in [0.15, 0.2) is 17.8 Å². The van der Waals surface area contributed by atoms with Crippen LogP contribution in [0.3, 0.4) is 0 Å². The average Bonchev–Trinajstić information content (AvgIpc) is 3.09. The van der Waals surface area contributed by atoms with Crippen LogP contribution in [0.2, 0.25) is 0 Å². The van der Waals surface area contributed by atoms with Crippen LogP contribution in [0.25, 0.3) is 4.96 Å². The Hall–Kier alpha value is -0.910. The Morgan fingerprint density at radius 2 is 2.58 bits per heavy atom. The molecule has 3 heterocycles. The van der Waals surface area contributed by atoms with Gasteiger partial charge in [-0.3, -0.25) is 4.40 Å². The van der Waals surface area contributed by atoms with E-state index >= 15 is 0 Å². The molecule has 0 saturated carbocycles. The minimum absolute atomic E-state index is 0.353. The Morgan fingerprint density at radius 3 is 3.32 bits per heavy atom. The highest BCUT2D eigenvalue weighted by Crippen LogP contribution is 2.19. The standard InChI is InChI=1S/C14H21N3OS/c1-2-5-15-12(13-4-3-7-18-13)9-11-10-17-6-8-19-14(17)16-11/h6,8,10,12-13,15H,2-5,7,9H2,1H3. The molecule has 104 valence electrons. The third-order valence-corrected chi connectivity index (χ3v) is 4.41. The minimum Gasteiger partial charge on any atom is -0.377 e. The van der Waals surface area contributed by atoms with Gasteiger partial charge in [-0.2, -0.15) is 0 Å². The van der Waals surface area contributed by atoms with Crippen molar-refractivity contribution in [3.63, 3.8) is 0 Å². The molecule has 1 saturated heterocycles. The molecule has 0 radical (unpaired) electrons. The van der Waals surface area contributed by atoms with Gasteiger partial charge in [-0.25, -0.2) is 4.98 Å². The molecule has 0 bridgehead atoms. The van der Waals surface area contributed by atoms with Crippen molar-refractivity contribution < 1.29 is 4.74 Å². The molecule has 1 aliphatic rings. The lowest BCUT2D eigenvalue weighted by atomic mass is 10.0. The van der Waals surface area contributed by atoms with Crippen molar-refractivity contribution >= 4 is 16.3 Å². The molecule has 2 aromatic rings. The maximum absolute atomic E-state index is 5.85. The summed E-state index contributed by atoms with van der Waals surface area (Å²) in [4.78, 5) is 5.76. The second-order valence-corrected chi connectivity index (χ2v) is 6.01. The van der Waals surface area contributed by atoms with Gasteiger partial charge >= 0.3 is 0 Å². The molecule has 3 rings (SSSR count). The van der Waals surface area contributed by atoms with E-state index in [0.29, 0.717) is 12.1 Å². The van der Waals surface area contributed by atoms with Crippen LogP contribution < -0.4 is 5.32 Å². The predicted molar refractivity (Wildman–Crippen MR) is 77.8 cm³/mol. The predicted octanol–water partition coefficient (Wildman–Crippen LogP) is 2.49. The highest BCUT2D eigenvalue weighted by Gasteiger charge is 2.26. The summed E-state index contributed by atoms with van der Waals surface area (Å²) in [6, 6.07) is 0.395. The van der Waals surface area contributed by atoms with Gasteiger partial charge in [0, 0.05) is 36.8 Å². The van der Waals surface area contributed by atoms with E-state index in [9.17, 15) is 0 Å². The molecule has 19 heavy (non-hydrogen) atoms. The lowest BCUT2D eigenvalue weighted by molar-refractivity contribution is 0.0781. The van der Waals surface area contributed by atoms with E-state index in [0.717, 1.165) is 36.6 Å². The molecule has 0 amide bonds. The molecule has 0 spiro atoms. The van der Waals surface area contributed by atoms with Crippen LogP contribution in [-0.2, 0) is 11.2 Å². The first-order chi connectivity index (χ1) is 9.36. The van der Waals surface area contributed by atoms with Gasteiger partial charge in [-0.15, -0.1) is 11.3 Å². The summed E-state index contributed by atoms with van der Waals surface area (Å²) < 4.78 is 7.95. The Morgan fingerprint density at radius 1 is 1.63 bits per heavy atom. The van der Waals surface area contributed by atoms with Crippen LogP contribution in [0.1, 0.15) is 31.9 Å². The van der Waals surface area contributed by atoms with Crippen LogP contribution in [-0.4, -0.2) is 34.7 Å². The van der Waals surface area contributed by atoms with E-state index in [1.165, 1.54) is 12.8 Å². The number of ether oxygens (including phenoxy) is 1. The largest absolute Gasteiger partial charge is 0.377 e. The zero-order valence-electron chi connectivity index (χ0n) is 11.3. The summed E-state index contributed by atoms with van der Waals surface area (Å²) in [6.45, 7) is 4.16. The third-order valence-electron chi connectivity index (χ3n) is 3.64. The summed E-state index contributed by atoms with van der Waals surface area (Å²) in [5, 5.41) is 5.69. The van der Waals surface area contributed by atoms with E-state index in [2.05, 4.69) is 39.4 Å². The summed E-state index contributed by atoms with van der Waals surface area (Å²) in [5.41, 5.74) is 1.16. The fourth-order valence-electron chi connectivity index (χ4n) is 2.68. The normalized spacial score (nSPS) is 21.2. The fraction of sp³-hybridized carbons (Fsp3) is 0.643. The highest BCUT2D eigenvalue weighted by atomic mass is 32.1. The number of hydrogen-bond acceptors (Lipinski definition) is 4. The lowest BCUT2D eigenvalue weighted by Gasteiger charge is -2.23. The second kappa shape index (κ2) is 6.03. The molecule has 1 fully saturated rings. The zero-order chi connectivity index (χ0) is 13.1.